The van der Waals surface area contributed by atoms with E-state index in [-0.39, 0.29) is 11.8 Å². The number of carbonyl (C=O) groups is 2. The molecule has 0 aliphatic carbocycles. The minimum atomic E-state index is -0.423. The van der Waals surface area contributed by atoms with Crippen LogP contribution in [0.1, 0.15) is 10.4 Å². The summed E-state index contributed by atoms with van der Waals surface area (Å²) in [4.78, 5) is 28.4. The summed E-state index contributed by atoms with van der Waals surface area (Å²) < 4.78 is 5.50. The van der Waals surface area contributed by atoms with Gasteiger partial charge in [-0.3, -0.25) is 9.59 Å². The molecule has 2 fully saturated rings. The molecular formula is C16H19Cl2N3O3. The van der Waals surface area contributed by atoms with Crippen molar-refractivity contribution in [2.24, 2.45) is 0 Å². The Morgan fingerprint density at radius 1 is 1.04 bits per heavy atom. The molecular weight excluding hydrogens is 353 g/mol. The molecule has 2 aliphatic heterocycles. The molecule has 0 bridgehead atoms. The smallest absolute Gasteiger partial charge is 0.254 e. The highest BCUT2D eigenvalue weighted by atomic mass is 35.5. The van der Waals surface area contributed by atoms with Gasteiger partial charge in [-0.05, 0) is 18.2 Å². The first-order valence-electron chi connectivity index (χ1n) is 7.91. The quantitative estimate of drug-likeness (QED) is 0.850. The zero-order valence-corrected chi connectivity index (χ0v) is 14.6. The largest absolute Gasteiger partial charge is 0.366 e. The minimum absolute atomic E-state index is 0.0138. The number of benzene rings is 1. The van der Waals surface area contributed by atoms with Crippen LogP contribution in [0.15, 0.2) is 18.2 Å². The molecule has 1 aromatic rings. The molecule has 6 nitrogen and oxygen atoms in total. The van der Waals surface area contributed by atoms with Crippen LogP contribution in [0.3, 0.4) is 0 Å². The number of amides is 2. The van der Waals surface area contributed by atoms with Crippen LogP contribution in [0.25, 0.3) is 0 Å². The second kappa shape index (κ2) is 7.70. The molecule has 0 saturated carbocycles. The third-order valence-electron chi connectivity index (χ3n) is 4.19. The minimum Gasteiger partial charge on any atom is -0.366 e. The van der Waals surface area contributed by atoms with Gasteiger partial charge in [-0.2, -0.15) is 0 Å². The van der Waals surface area contributed by atoms with Crippen LogP contribution < -0.4 is 5.32 Å². The maximum atomic E-state index is 12.6. The Morgan fingerprint density at radius 3 is 2.25 bits per heavy atom. The Morgan fingerprint density at radius 2 is 1.67 bits per heavy atom. The first kappa shape index (κ1) is 17.5. The summed E-state index contributed by atoms with van der Waals surface area (Å²) in [6.45, 7) is 3.82. The average molecular weight is 372 g/mol. The zero-order chi connectivity index (χ0) is 17.1. The molecule has 1 unspecified atom stereocenters. The number of rotatable bonds is 2. The second-order valence-electron chi connectivity index (χ2n) is 5.84. The lowest BCUT2D eigenvalue weighted by Crippen LogP contribution is -2.56. The van der Waals surface area contributed by atoms with Crippen molar-refractivity contribution in [2.45, 2.75) is 6.10 Å². The van der Waals surface area contributed by atoms with E-state index in [1.165, 1.54) is 0 Å². The Hall–Kier alpha value is -1.34. The molecule has 130 valence electrons. The molecule has 1 atom stereocenters. The first-order chi connectivity index (χ1) is 11.5. The second-order valence-corrected chi connectivity index (χ2v) is 6.71. The van der Waals surface area contributed by atoms with Crippen LogP contribution in [0, 0.1) is 0 Å². The first-order valence-corrected chi connectivity index (χ1v) is 8.66. The van der Waals surface area contributed by atoms with E-state index in [0.717, 1.165) is 6.54 Å². The maximum Gasteiger partial charge on any atom is 0.254 e. The SMILES string of the molecule is O=C(c1cc(Cl)cc(Cl)c1)N1CCN(C(=O)C2CNCCO2)CC1. The van der Waals surface area contributed by atoms with E-state index in [1.54, 1.807) is 28.0 Å². The van der Waals surface area contributed by atoms with Gasteiger partial charge in [0.15, 0.2) is 0 Å². The van der Waals surface area contributed by atoms with Crippen molar-refractivity contribution >= 4 is 35.0 Å². The topological polar surface area (TPSA) is 61.9 Å². The van der Waals surface area contributed by atoms with Gasteiger partial charge in [0.2, 0.25) is 0 Å². The zero-order valence-electron chi connectivity index (χ0n) is 13.1. The maximum absolute atomic E-state index is 12.6. The average Bonchev–Trinajstić information content (AvgIpc) is 2.60. The van der Waals surface area contributed by atoms with Crippen molar-refractivity contribution < 1.29 is 14.3 Å². The summed E-state index contributed by atoms with van der Waals surface area (Å²) in [6, 6.07) is 4.80. The van der Waals surface area contributed by atoms with Crippen LogP contribution in [0.4, 0.5) is 0 Å². The number of carbonyl (C=O) groups excluding carboxylic acids is 2. The summed E-state index contributed by atoms with van der Waals surface area (Å²) in [5.74, 6) is -0.137. The highest BCUT2D eigenvalue weighted by Crippen LogP contribution is 2.21. The highest BCUT2D eigenvalue weighted by molar-refractivity contribution is 6.35. The fraction of sp³-hybridized carbons (Fsp3) is 0.500. The van der Waals surface area contributed by atoms with E-state index in [9.17, 15) is 9.59 Å². The number of hydrogen-bond donors (Lipinski definition) is 1. The fourth-order valence-corrected chi connectivity index (χ4v) is 3.44. The van der Waals surface area contributed by atoms with Crippen LogP contribution >= 0.6 is 23.2 Å². The van der Waals surface area contributed by atoms with Gasteiger partial charge in [-0.25, -0.2) is 0 Å². The predicted molar refractivity (Wildman–Crippen MR) is 91.6 cm³/mol. The third-order valence-corrected chi connectivity index (χ3v) is 4.63. The normalized spacial score (nSPS) is 21.7. The lowest BCUT2D eigenvalue weighted by molar-refractivity contribution is -0.146. The van der Waals surface area contributed by atoms with E-state index in [2.05, 4.69) is 5.32 Å². The van der Waals surface area contributed by atoms with E-state index in [4.69, 9.17) is 27.9 Å². The van der Waals surface area contributed by atoms with Crippen molar-refractivity contribution in [2.75, 3.05) is 45.9 Å². The van der Waals surface area contributed by atoms with Crippen molar-refractivity contribution in [3.8, 4) is 0 Å². The molecule has 2 aliphatic rings. The number of ether oxygens (including phenoxy) is 1. The van der Waals surface area contributed by atoms with Crippen LogP contribution in [0.2, 0.25) is 10.0 Å². The Bertz CT molecular complexity index is 607. The van der Waals surface area contributed by atoms with Gasteiger partial charge < -0.3 is 19.9 Å². The molecule has 3 rings (SSSR count). The monoisotopic (exact) mass is 371 g/mol. The predicted octanol–water partition coefficient (Wildman–Crippen LogP) is 1.27. The Balaban J connectivity index is 1.58. The highest BCUT2D eigenvalue weighted by Gasteiger charge is 2.30. The molecule has 24 heavy (non-hydrogen) atoms. The Kier molecular flexibility index (Phi) is 5.61. The van der Waals surface area contributed by atoms with E-state index >= 15 is 0 Å². The number of nitrogens with zero attached hydrogens (tertiary/aromatic N) is 2. The summed E-state index contributed by atoms with van der Waals surface area (Å²) in [5.41, 5.74) is 0.465. The Labute approximate surface area is 150 Å². The van der Waals surface area contributed by atoms with Gasteiger partial charge in [0.1, 0.15) is 6.10 Å². The number of hydrogen-bond acceptors (Lipinski definition) is 4. The van der Waals surface area contributed by atoms with Crippen LogP contribution in [-0.2, 0) is 9.53 Å². The lowest BCUT2D eigenvalue weighted by Gasteiger charge is -2.37. The van der Waals surface area contributed by atoms with Crippen molar-refractivity contribution in [1.82, 2.24) is 15.1 Å². The standard InChI is InChI=1S/C16H19Cl2N3O3/c17-12-7-11(8-13(18)9-12)15(22)20-2-4-21(5-3-20)16(23)14-10-19-1-6-24-14/h7-9,14,19H,1-6,10H2. The van der Waals surface area contributed by atoms with Gasteiger partial charge >= 0.3 is 0 Å². The molecule has 0 spiro atoms. The summed E-state index contributed by atoms with van der Waals surface area (Å²) >= 11 is 11.9. The number of halogens is 2. The van der Waals surface area contributed by atoms with Gasteiger partial charge in [0.05, 0.1) is 6.61 Å². The van der Waals surface area contributed by atoms with Crippen molar-refractivity contribution in [3.05, 3.63) is 33.8 Å². The van der Waals surface area contributed by atoms with E-state index in [1.807, 2.05) is 0 Å². The van der Waals surface area contributed by atoms with E-state index in [0.29, 0.717) is 54.9 Å². The lowest BCUT2D eigenvalue weighted by atomic mass is 10.1. The summed E-state index contributed by atoms with van der Waals surface area (Å²) in [6.07, 6.45) is -0.423. The fourth-order valence-electron chi connectivity index (χ4n) is 2.92. The van der Waals surface area contributed by atoms with Gasteiger partial charge in [-0.1, -0.05) is 23.2 Å². The van der Waals surface area contributed by atoms with Crippen molar-refractivity contribution in [3.63, 3.8) is 0 Å². The molecule has 0 radical (unpaired) electrons. The number of morpholine rings is 1. The van der Waals surface area contributed by atoms with Crippen LogP contribution in [0.5, 0.6) is 0 Å². The number of nitrogens with one attached hydrogen (secondary N) is 1. The number of piperazine rings is 1. The molecule has 8 heteroatoms. The van der Waals surface area contributed by atoms with Gasteiger partial charge in [0.25, 0.3) is 11.8 Å². The summed E-state index contributed by atoms with van der Waals surface area (Å²) in [5, 5.41) is 4.02. The van der Waals surface area contributed by atoms with Gasteiger partial charge in [-0.15, -0.1) is 0 Å². The third kappa shape index (κ3) is 4.00. The molecule has 2 saturated heterocycles. The molecule has 0 aromatic heterocycles. The van der Waals surface area contributed by atoms with Crippen LogP contribution in [-0.4, -0.2) is 73.6 Å². The molecule has 2 amide bonds. The summed E-state index contributed by atoms with van der Waals surface area (Å²) in [7, 11) is 0. The molecule has 1 aromatic carbocycles. The van der Waals surface area contributed by atoms with Gasteiger partial charge in [0, 0.05) is 54.9 Å². The van der Waals surface area contributed by atoms with E-state index < -0.39 is 6.10 Å². The van der Waals surface area contributed by atoms with Crippen molar-refractivity contribution in [1.29, 1.82) is 0 Å². The molecule has 2 heterocycles. The molecule has 1 N–H and O–H groups in total.